The maximum atomic E-state index is 12.8. The van der Waals surface area contributed by atoms with Crippen molar-refractivity contribution in [2.75, 3.05) is 25.6 Å². The quantitative estimate of drug-likeness (QED) is 0.690. The van der Waals surface area contributed by atoms with Crippen LogP contribution >= 0.6 is 11.6 Å². The highest BCUT2D eigenvalue weighted by atomic mass is 35.5. The molecule has 1 unspecified atom stereocenters. The largest absolute Gasteiger partial charge is 0.384 e. The highest BCUT2D eigenvalue weighted by Crippen LogP contribution is 2.30. The summed E-state index contributed by atoms with van der Waals surface area (Å²) in [4.78, 5) is 31.3. The second-order valence-electron chi connectivity index (χ2n) is 7.03. The molecule has 1 aromatic heterocycles. The number of likely N-dealkylation sites (tertiary alicyclic amines) is 1. The van der Waals surface area contributed by atoms with E-state index < -0.39 is 0 Å². The third-order valence-electron chi connectivity index (χ3n) is 4.98. The minimum absolute atomic E-state index is 0.257. The van der Waals surface area contributed by atoms with Crippen molar-refractivity contribution in [2.24, 2.45) is 0 Å². The van der Waals surface area contributed by atoms with Gasteiger partial charge in [0, 0.05) is 30.8 Å². The number of anilines is 1. The average Bonchev–Trinajstić information content (AvgIpc) is 3.18. The van der Waals surface area contributed by atoms with Gasteiger partial charge in [-0.1, -0.05) is 22.8 Å². The van der Waals surface area contributed by atoms with Crippen molar-refractivity contribution in [3.8, 4) is 0 Å². The van der Waals surface area contributed by atoms with Gasteiger partial charge in [-0.3, -0.25) is 9.59 Å². The SMILES string of the molecule is COCCc1noc(C2CCCCN2C(=O)CC(=O)Nc2cccc(Cl)c2C)n1. The third-order valence-corrected chi connectivity index (χ3v) is 5.38. The number of nitrogens with zero attached hydrogens (tertiary/aromatic N) is 3. The molecular formula is C20H25ClN4O4. The smallest absolute Gasteiger partial charge is 0.249 e. The molecule has 2 amide bonds. The third kappa shape index (κ3) is 5.33. The van der Waals surface area contributed by atoms with E-state index >= 15 is 0 Å². The van der Waals surface area contributed by atoms with Crippen LogP contribution < -0.4 is 5.32 Å². The number of rotatable bonds is 7. The summed E-state index contributed by atoms with van der Waals surface area (Å²) in [6.07, 6.45) is 2.85. The Balaban J connectivity index is 1.65. The number of hydrogen-bond acceptors (Lipinski definition) is 6. The number of amides is 2. The Hall–Kier alpha value is -2.45. The fourth-order valence-electron chi connectivity index (χ4n) is 3.36. The molecule has 1 fully saturated rings. The van der Waals surface area contributed by atoms with Crippen LogP contribution in [0.2, 0.25) is 5.02 Å². The number of piperidine rings is 1. The molecule has 2 aromatic rings. The monoisotopic (exact) mass is 420 g/mol. The molecule has 0 bridgehead atoms. The molecule has 156 valence electrons. The van der Waals surface area contributed by atoms with Crippen LogP contribution in [0.1, 0.15) is 49.0 Å². The summed E-state index contributed by atoms with van der Waals surface area (Å²) in [5.74, 6) is 0.323. The van der Waals surface area contributed by atoms with Gasteiger partial charge in [0.2, 0.25) is 17.7 Å². The van der Waals surface area contributed by atoms with Gasteiger partial charge in [-0.25, -0.2) is 0 Å². The maximum absolute atomic E-state index is 12.8. The van der Waals surface area contributed by atoms with Crippen molar-refractivity contribution in [2.45, 2.75) is 45.1 Å². The molecule has 1 atom stereocenters. The molecule has 3 rings (SSSR count). The molecular weight excluding hydrogens is 396 g/mol. The zero-order chi connectivity index (χ0) is 20.8. The van der Waals surface area contributed by atoms with Gasteiger partial charge in [0.25, 0.3) is 0 Å². The van der Waals surface area contributed by atoms with Crippen molar-refractivity contribution in [3.63, 3.8) is 0 Å². The second-order valence-corrected chi connectivity index (χ2v) is 7.43. The molecule has 0 spiro atoms. The number of ether oxygens (including phenoxy) is 1. The van der Waals surface area contributed by atoms with Gasteiger partial charge in [-0.15, -0.1) is 0 Å². The number of halogens is 1. The van der Waals surface area contributed by atoms with E-state index in [4.69, 9.17) is 20.9 Å². The minimum Gasteiger partial charge on any atom is -0.384 e. The van der Waals surface area contributed by atoms with Crippen molar-refractivity contribution in [1.82, 2.24) is 15.0 Å². The molecule has 1 N–H and O–H groups in total. The normalized spacial score (nSPS) is 16.7. The van der Waals surface area contributed by atoms with E-state index in [2.05, 4.69) is 15.5 Å². The van der Waals surface area contributed by atoms with Gasteiger partial charge >= 0.3 is 0 Å². The zero-order valence-electron chi connectivity index (χ0n) is 16.6. The predicted molar refractivity (Wildman–Crippen MR) is 108 cm³/mol. The number of benzene rings is 1. The lowest BCUT2D eigenvalue weighted by atomic mass is 10.0. The first kappa shape index (κ1) is 21.3. The number of nitrogens with one attached hydrogen (secondary N) is 1. The van der Waals surface area contributed by atoms with Gasteiger partial charge in [0.05, 0.1) is 6.61 Å². The summed E-state index contributed by atoms with van der Waals surface area (Å²) < 4.78 is 10.4. The van der Waals surface area contributed by atoms with Crippen LogP contribution in [0.5, 0.6) is 0 Å². The van der Waals surface area contributed by atoms with E-state index in [1.54, 1.807) is 30.2 Å². The van der Waals surface area contributed by atoms with E-state index in [9.17, 15) is 9.59 Å². The number of hydrogen-bond donors (Lipinski definition) is 1. The lowest BCUT2D eigenvalue weighted by Crippen LogP contribution is -2.40. The number of carbonyl (C=O) groups is 2. The Labute approximate surface area is 174 Å². The van der Waals surface area contributed by atoms with Gasteiger partial charge in [0.15, 0.2) is 5.82 Å². The summed E-state index contributed by atoms with van der Waals surface area (Å²) in [7, 11) is 1.61. The number of aromatic nitrogens is 2. The lowest BCUT2D eigenvalue weighted by molar-refractivity contribution is -0.138. The van der Waals surface area contributed by atoms with Crippen LogP contribution in [0, 0.1) is 6.92 Å². The predicted octanol–water partition coefficient (Wildman–Crippen LogP) is 3.30. The van der Waals surface area contributed by atoms with E-state index in [0.29, 0.717) is 42.0 Å². The molecule has 9 heteroatoms. The fourth-order valence-corrected chi connectivity index (χ4v) is 3.54. The van der Waals surface area contributed by atoms with Crippen LogP contribution in [-0.2, 0) is 20.7 Å². The summed E-state index contributed by atoms with van der Waals surface area (Å²) in [5, 5.41) is 7.29. The van der Waals surface area contributed by atoms with Crippen LogP contribution in [0.4, 0.5) is 5.69 Å². The highest BCUT2D eigenvalue weighted by Gasteiger charge is 2.32. The molecule has 29 heavy (non-hydrogen) atoms. The van der Waals surface area contributed by atoms with Gasteiger partial charge < -0.3 is 19.5 Å². The molecule has 0 saturated carbocycles. The highest BCUT2D eigenvalue weighted by molar-refractivity contribution is 6.31. The van der Waals surface area contributed by atoms with Crippen LogP contribution in [0.25, 0.3) is 0 Å². The van der Waals surface area contributed by atoms with E-state index in [1.165, 1.54) is 0 Å². The van der Waals surface area contributed by atoms with E-state index in [-0.39, 0.29) is 24.3 Å². The van der Waals surface area contributed by atoms with E-state index in [0.717, 1.165) is 24.8 Å². The van der Waals surface area contributed by atoms with Gasteiger partial charge in [-0.05, 0) is 43.9 Å². The van der Waals surface area contributed by atoms with Gasteiger partial charge in [-0.2, -0.15) is 4.98 Å². The van der Waals surface area contributed by atoms with Crippen LogP contribution in [0.15, 0.2) is 22.7 Å². The van der Waals surface area contributed by atoms with Gasteiger partial charge in [0.1, 0.15) is 12.5 Å². The Morgan fingerprint density at radius 2 is 2.21 bits per heavy atom. The molecule has 2 heterocycles. The maximum Gasteiger partial charge on any atom is 0.249 e. The van der Waals surface area contributed by atoms with Crippen molar-refractivity contribution in [3.05, 3.63) is 40.5 Å². The zero-order valence-corrected chi connectivity index (χ0v) is 17.4. The first-order chi connectivity index (χ1) is 14.0. The Morgan fingerprint density at radius 1 is 1.38 bits per heavy atom. The molecule has 1 aliphatic rings. The molecule has 0 aliphatic carbocycles. The van der Waals surface area contributed by atoms with Crippen molar-refractivity contribution in [1.29, 1.82) is 0 Å². The molecule has 8 nitrogen and oxygen atoms in total. The Morgan fingerprint density at radius 3 is 3.00 bits per heavy atom. The standard InChI is InChI=1S/C20H25ClN4O4/c1-13-14(21)6-5-7-15(13)22-18(26)12-19(27)25-10-4-3-8-16(25)20-23-17(24-29-20)9-11-28-2/h5-7,16H,3-4,8-12H2,1-2H3,(H,22,26). The molecule has 0 radical (unpaired) electrons. The van der Waals surface area contributed by atoms with E-state index in [1.807, 2.05) is 6.92 Å². The van der Waals surface area contributed by atoms with Crippen molar-refractivity contribution >= 4 is 29.1 Å². The first-order valence-corrected chi connectivity index (χ1v) is 10.0. The number of carbonyl (C=O) groups excluding carboxylic acids is 2. The molecule has 1 saturated heterocycles. The molecule has 1 aromatic carbocycles. The minimum atomic E-state index is -0.379. The fraction of sp³-hybridized carbons (Fsp3) is 0.500. The van der Waals surface area contributed by atoms with Crippen molar-refractivity contribution < 1.29 is 18.8 Å². The summed E-state index contributed by atoms with van der Waals surface area (Å²) >= 11 is 6.09. The lowest BCUT2D eigenvalue weighted by Gasteiger charge is -2.33. The molecule has 1 aliphatic heterocycles. The second kappa shape index (κ2) is 9.84. The van der Waals surface area contributed by atoms with Crippen LogP contribution in [0.3, 0.4) is 0 Å². The van der Waals surface area contributed by atoms with Crippen LogP contribution in [-0.4, -0.2) is 47.1 Å². The Bertz CT molecular complexity index is 870. The summed E-state index contributed by atoms with van der Waals surface area (Å²) in [6, 6.07) is 4.96. The topological polar surface area (TPSA) is 97.6 Å². The number of methoxy groups -OCH3 is 1. The summed E-state index contributed by atoms with van der Waals surface area (Å²) in [6.45, 7) is 2.87. The summed E-state index contributed by atoms with van der Waals surface area (Å²) in [5.41, 5.74) is 1.37. The first-order valence-electron chi connectivity index (χ1n) is 9.65. The Kier molecular flexibility index (Phi) is 7.22. The average molecular weight is 421 g/mol.